The Morgan fingerprint density at radius 1 is 1.78 bits per heavy atom. The smallest absolute Gasteiger partial charge is 0.0624 e. The van der Waals surface area contributed by atoms with E-state index in [2.05, 4.69) is 26.0 Å². The molecule has 1 rings (SSSR count). The molecule has 0 spiro atoms. The van der Waals surface area contributed by atoms with Crippen molar-refractivity contribution in [1.29, 1.82) is 0 Å². The SMILES string of the molecule is NC1(CO)CCN(I)C1. The average Bonchev–Trinajstić information content (AvgIpc) is 2.13. The van der Waals surface area contributed by atoms with Crippen LogP contribution < -0.4 is 5.73 Å². The minimum atomic E-state index is -0.318. The molecule has 1 saturated heterocycles. The van der Waals surface area contributed by atoms with E-state index in [4.69, 9.17) is 10.8 Å². The highest BCUT2D eigenvalue weighted by molar-refractivity contribution is 14.1. The molecule has 0 aromatic heterocycles. The van der Waals surface area contributed by atoms with Gasteiger partial charge in [-0.2, -0.15) is 0 Å². The normalized spacial score (nSPS) is 37.7. The quantitative estimate of drug-likeness (QED) is 0.491. The van der Waals surface area contributed by atoms with Gasteiger partial charge < -0.3 is 10.8 Å². The maximum absolute atomic E-state index is 8.79. The second-order valence-electron chi connectivity index (χ2n) is 2.61. The van der Waals surface area contributed by atoms with Gasteiger partial charge in [-0.25, -0.2) is 3.11 Å². The van der Waals surface area contributed by atoms with Crippen molar-refractivity contribution in [3.63, 3.8) is 0 Å². The van der Waals surface area contributed by atoms with Gasteiger partial charge in [-0.05, 0) is 6.42 Å². The van der Waals surface area contributed by atoms with Crippen molar-refractivity contribution in [2.45, 2.75) is 12.0 Å². The Morgan fingerprint density at radius 2 is 2.44 bits per heavy atom. The summed E-state index contributed by atoms with van der Waals surface area (Å²) in [4.78, 5) is 0. The van der Waals surface area contributed by atoms with Crippen LogP contribution in [0, 0.1) is 0 Å². The Morgan fingerprint density at radius 3 is 2.67 bits per heavy atom. The number of nitrogens with zero attached hydrogens (tertiary/aromatic N) is 1. The fourth-order valence-electron chi connectivity index (χ4n) is 0.973. The minimum absolute atomic E-state index is 0.104. The summed E-state index contributed by atoms with van der Waals surface area (Å²) in [5.41, 5.74) is 5.43. The third-order valence-corrected chi connectivity index (χ3v) is 2.48. The summed E-state index contributed by atoms with van der Waals surface area (Å²) < 4.78 is 2.11. The van der Waals surface area contributed by atoms with E-state index in [9.17, 15) is 0 Å². The molecule has 0 aliphatic carbocycles. The number of nitrogens with two attached hydrogens (primary N) is 1. The molecule has 3 N–H and O–H groups in total. The van der Waals surface area contributed by atoms with Crippen LogP contribution in [0.5, 0.6) is 0 Å². The zero-order chi connectivity index (χ0) is 6.91. The van der Waals surface area contributed by atoms with E-state index in [1.165, 1.54) is 0 Å². The Hall–Kier alpha value is 0.610. The molecule has 1 unspecified atom stereocenters. The lowest BCUT2D eigenvalue weighted by molar-refractivity contribution is 0.206. The first-order valence-corrected chi connectivity index (χ1v) is 3.93. The van der Waals surface area contributed by atoms with E-state index in [0.717, 1.165) is 19.5 Å². The molecule has 0 saturated carbocycles. The van der Waals surface area contributed by atoms with E-state index in [0.29, 0.717) is 0 Å². The molecular formula is C5H11IN2O. The van der Waals surface area contributed by atoms with Gasteiger partial charge in [-0.15, -0.1) is 0 Å². The van der Waals surface area contributed by atoms with Gasteiger partial charge in [0.05, 0.1) is 12.1 Å². The zero-order valence-electron chi connectivity index (χ0n) is 5.18. The van der Waals surface area contributed by atoms with E-state index < -0.39 is 0 Å². The number of halogens is 1. The predicted molar refractivity (Wildman–Crippen MR) is 44.2 cm³/mol. The molecule has 1 heterocycles. The first-order valence-electron chi connectivity index (χ1n) is 2.97. The molecule has 1 aliphatic heterocycles. The molecule has 54 valence electrons. The molecule has 0 amide bonds. The number of aliphatic hydroxyl groups excluding tert-OH is 1. The van der Waals surface area contributed by atoms with Crippen LogP contribution >= 0.6 is 22.9 Å². The van der Waals surface area contributed by atoms with Gasteiger partial charge in [0.25, 0.3) is 0 Å². The summed E-state index contributed by atoms with van der Waals surface area (Å²) >= 11 is 2.22. The molecule has 0 aromatic rings. The first kappa shape index (κ1) is 7.71. The Bertz CT molecular complexity index is 111. The van der Waals surface area contributed by atoms with Crippen molar-refractivity contribution in [3.8, 4) is 0 Å². The molecule has 9 heavy (non-hydrogen) atoms. The summed E-state index contributed by atoms with van der Waals surface area (Å²) in [6.45, 7) is 1.91. The van der Waals surface area contributed by atoms with Crippen molar-refractivity contribution in [3.05, 3.63) is 0 Å². The van der Waals surface area contributed by atoms with Gasteiger partial charge in [0, 0.05) is 36.0 Å². The summed E-state index contributed by atoms with van der Waals surface area (Å²) in [7, 11) is 0. The van der Waals surface area contributed by atoms with E-state index >= 15 is 0 Å². The van der Waals surface area contributed by atoms with Gasteiger partial charge in [0.1, 0.15) is 0 Å². The standard InChI is InChI=1S/C5H11IN2O/c6-8-2-1-5(7,3-8)4-9/h9H,1-4,7H2. The molecule has 1 aliphatic rings. The summed E-state index contributed by atoms with van der Waals surface area (Å²) in [5, 5.41) is 8.79. The highest BCUT2D eigenvalue weighted by Crippen LogP contribution is 2.20. The summed E-state index contributed by atoms with van der Waals surface area (Å²) in [6, 6.07) is 0. The number of hydrogen-bond donors (Lipinski definition) is 2. The van der Waals surface area contributed by atoms with E-state index in [-0.39, 0.29) is 12.1 Å². The molecule has 4 heteroatoms. The van der Waals surface area contributed by atoms with Gasteiger partial charge >= 0.3 is 0 Å². The van der Waals surface area contributed by atoms with Crippen molar-refractivity contribution < 1.29 is 5.11 Å². The molecule has 3 nitrogen and oxygen atoms in total. The van der Waals surface area contributed by atoms with Gasteiger partial charge in [0.2, 0.25) is 0 Å². The topological polar surface area (TPSA) is 49.5 Å². The third-order valence-electron chi connectivity index (χ3n) is 1.65. The van der Waals surface area contributed by atoms with Gasteiger partial charge in [-0.1, -0.05) is 0 Å². The first-order chi connectivity index (χ1) is 4.16. The van der Waals surface area contributed by atoms with Crippen molar-refractivity contribution in [2.75, 3.05) is 19.7 Å². The van der Waals surface area contributed by atoms with Crippen molar-refractivity contribution >= 4 is 22.9 Å². The monoisotopic (exact) mass is 242 g/mol. The zero-order valence-corrected chi connectivity index (χ0v) is 7.34. The largest absolute Gasteiger partial charge is 0.394 e. The Kier molecular flexibility index (Phi) is 2.31. The summed E-state index contributed by atoms with van der Waals surface area (Å²) in [6.07, 6.45) is 0.909. The lowest BCUT2D eigenvalue weighted by Crippen LogP contribution is -2.45. The van der Waals surface area contributed by atoms with Crippen LogP contribution in [0.25, 0.3) is 0 Å². The van der Waals surface area contributed by atoms with Crippen molar-refractivity contribution in [1.82, 2.24) is 3.11 Å². The van der Waals surface area contributed by atoms with Gasteiger partial charge in [0.15, 0.2) is 0 Å². The highest BCUT2D eigenvalue weighted by atomic mass is 127. The fraction of sp³-hybridized carbons (Fsp3) is 1.00. The number of aliphatic hydroxyl groups is 1. The van der Waals surface area contributed by atoms with Crippen LogP contribution in [0.4, 0.5) is 0 Å². The lowest BCUT2D eigenvalue weighted by Gasteiger charge is -2.18. The maximum atomic E-state index is 8.79. The number of hydrogen-bond acceptors (Lipinski definition) is 3. The minimum Gasteiger partial charge on any atom is -0.394 e. The molecule has 0 bridgehead atoms. The molecule has 1 fully saturated rings. The van der Waals surface area contributed by atoms with E-state index in [1.54, 1.807) is 0 Å². The molecule has 0 aromatic carbocycles. The third kappa shape index (κ3) is 1.76. The Labute approximate surface area is 68.7 Å². The summed E-state index contributed by atoms with van der Waals surface area (Å²) in [5.74, 6) is 0. The Balaban J connectivity index is 2.45. The highest BCUT2D eigenvalue weighted by Gasteiger charge is 2.32. The maximum Gasteiger partial charge on any atom is 0.0624 e. The van der Waals surface area contributed by atoms with E-state index in [1.807, 2.05) is 0 Å². The molecule has 1 atom stereocenters. The second-order valence-corrected chi connectivity index (χ2v) is 3.98. The fourth-order valence-corrected chi connectivity index (χ4v) is 1.89. The predicted octanol–water partition coefficient (Wildman–Crippen LogP) is -0.268. The number of rotatable bonds is 1. The van der Waals surface area contributed by atoms with Crippen LogP contribution in [0.15, 0.2) is 0 Å². The lowest BCUT2D eigenvalue weighted by atomic mass is 10.0. The van der Waals surface area contributed by atoms with Crippen LogP contribution in [0.1, 0.15) is 6.42 Å². The molecule has 0 radical (unpaired) electrons. The van der Waals surface area contributed by atoms with Crippen LogP contribution in [-0.2, 0) is 0 Å². The molecular weight excluding hydrogens is 231 g/mol. The van der Waals surface area contributed by atoms with Crippen LogP contribution in [0.2, 0.25) is 0 Å². The van der Waals surface area contributed by atoms with Crippen LogP contribution in [-0.4, -0.2) is 33.5 Å². The van der Waals surface area contributed by atoms with Crippen LogP contribution in [0.3, 0.4) is 0 Å². The van der Waals surface area contributed by atoms with Crippen molar-refractivity contribution in [2.24, 2.45) is 5.73 Å². The van der Waals surface area contributed by atoms with Gasteiger partial charge in [-0.3, -0.25) is 0 Å². The second kappa shape index (κ2) is 2.69. The average molecular weight is 242 g/mol.